The lowest BCUT2D eigenvalue weighted by Crippen LogP contribution is -2.46. The van der Waals surface area contributed by atoms with E-state index in [4.69, 9.17) is 15.6 Å². The third-order valence-electron chi connectivity index (χ3n) is 2.78. The lowest BCUT2D eigenvalue weighted by Gasteiger charge is -2.37. The average Bonchev–Trinajstić information content (AvgIpc) is 2.04. The maximum atomic E-state index is 8.82. The normalized spacial score (nSPS) is 36.8. The summed E-state index contributed by atoms with van der Waals surface area (Å²) in [5.41, 5.74) is 5.92. The van der Waals surface area contributed by atoms with Crippen LogP contribution in [0.5, 0.6) is 0 Å². The molecule has 0 radical (unpaired) electrons. The van der Waals surface area contributed by atoms with Crippen LogP contribution >= 0.6 is 0 Å². The number of hydrogen-bond acceptors (Lipinski definition) is 3. The van der Waals surface area contributed by atoms with Crippen LogP contribution in [0.3, 0.4) is 0 Å². The van der Waals surface area contributed by atoms with Crippen LogP contribution in [0.2, 0.25) is 0 Å². The minimum atomic E-state index is -0.173. The van der Waals surface area contributed by atoms with Gasteiger partial charge in [-0.15, -0.1) is 0 Å². The van der Waals surface area contributed by atoms with E-state index in [0.29, 0.717) is 12.5 Å². The quantitative estimate of drug-likeness (QED) is 0.659. The van der Waals surface area contributed by atoms with Gasteiger partial charge < -0.3 is 15.6 Å². The third-order valence-corrected chi connectivity index (χ3v) is 2.78. The third kappa shape index (κ3) is 2.44. The molecular formula is C9H19NO2. The minimum absolute atomic E-state index is 0.173. The van der Waals surface area contributed by atoms with E-state index in [1.54, 1.807) is 7.11 Å². The summed E-state index contributed by atoms with van der Waals surface area (Å²) in [5, 5.41) is 8.82. The highest BCUT2D eigenvalue weighted by atomic mass is 16.5. The zero-order valence-electron chi connectivity index (χ0n) is 7.75. The van der Waals surface area contributed by atoms with Crippen molar-refractivity contribution in [3.63, 3.8) is 0 Å². The molecule has 1 aliphatic carbocycles. The highest BCUT2D eigenvalue weighted by molar-refractivity contribution is 4.90. The molecule has 0 aromatic carbocycles. The summed E-state index contributed by atoms with van der Waals surface area (Å²) in [7, 11) is 1.73. The molecule has 0 aromatic rings. The molecule has 2 atom stereocenters. The van der Waals surface area contributed by atoms with Crippen molar-refractivity contribution in [1.29, 1.82) is 0 Å². The maximum absolute atomic E-state index is 8.82. The van der Waals surface area contributed by atoms with Crippen molar-refractivity contribution in [2.75, 3.05) is 13.7 Å². The van der Waals surface area contributed by atoms with Crippen molar-refractivity contribution in [2.45, 2.75) is 43.7 Å². The number of aliphatic hydroxyl groups is 1. The first-order valence-corrected chi connectivity index (χ1v) is 4.63. The van der Waals surface area contributed by atoms with Crippen molar-refractivity contribution in [1.82, 2.24) is 0 Å². The average molecular weight is 173 g/mol. The molecular weight excluding hydrogens is 154 g/mol. The Morgan fingerprint density at radius 1 is 1.67 bits per heavy atom. The van der Waals surface area contributed by atoms with Crippen LogP contribution in [0, 0.1) is 0 Å². The van der Waals surface area contributed by atoms with Gasteiger partial charge in [0.05, 0.1) is 6.10 Å². The molecule has 12 heavy (non-hydrogen) atoms. The van der Waals surface area contributed by atoms with Gasteiger partial charge in [-0.1, -0.05) is 0 Å². The number of nitrogens with two attached hydrogens (primary N) is 1. The van der Waals surface area contributed by atoms with Crippen LogP contribution in [0.25, 0.3) is 0 Å². The first-order valence-electron chi connectivity index (χ1n) is 4.63. The lowest BCUT2D eigenvalue weighted by molar-refractivity contribution is 0.0348. The topological polar surface area (TPSA) is 55.5 Å². The second-order valence-corrected chi connectivity index (χ2v) is 3.79. The maximum Gasteiger partial charge on any atom is 0.0588 e. The van der Waals surface area contributed by atoms with E-state index < -0.39 is 0 Å². The molecule has 1 aliphatic rings. The van der Waals surface area contributed by atoms with Gasteiger partial charge >= 0.3 is 0 Å². The fraction of sp³-hybridized carbons (Fsp3) is 1.00. The molecule has 3 nitrogen and oxygen atoms in total. The Labute approximate surface area is 73.9 Å². The number of ether oxygens (including phenoxy) is 1. The van der Waals surface area contributed by atoms with E-state index in [9.17, 15) is 0 Å². The van der Waals surface area contributed by atoms with Gasteiger partial charge in [-0.2, -0.15) is 0 Å². The van der Waals surface area contributed by atoms with Gasteiger partial charge in [0.25, 0.3) is 0 Å². The summed E-state index contributed by atoms with van der Waals surface area (Å²) in [6.45, 7) is 0.187. The summed E-state index contributed by atoms with van der Waals surface area (Å²) in [6.07, 6.45) is 5.15. The lowest BCUT2D eigenvalue weighted by atomic mass is 9.79. The van der Waals surface area contributed by atoms with Gasteiger partial charge in [0.1, 0.15) is 0 Å². The molecule has 0 aromatic heterocycles. The van der Waals surface area contributed by atoms with Gasteiger partial charge in [0, 0.05) is 19.3 Å². The highest BCUT2D eigenvalue weighted by Crippen LogP contribution is 2.29. The second-order valence-electron chi connectivity index (χ2n) is 3.79. The number of rotatable bonds is 3. The minimum Gasteiger partial charge on any atom is -0.396 e. The molecule has 2 unspecified atom stereocenters. The summed E-state index contributed by atoms with van der Waals surface area (Å²) in [5.74, 6) is 0. The van der Waals surface area contributed by atoms with Crippen LogP contribution < -0.4 is 5.73 Å². The Kier molecular flexibility index (Phi) is 3.50. The number of methoxy groups -OCH3 is 1. The monoisotopic (exact) mass is 173 g/mol. The zero-order chi connectivity index (χ0) is 9.03. The summed E-state index contributed by atoms with van der Waals surface area (Å²) in [6, 6.07) is 0. The standard InChI is InChI=1S/C9H19NO2/c1-12-8-3-2-4-9(10,7-8)5-6-11/h8,11H,2-7,10H2,1H3. The Morgan fingerprint density at radius 2 is 2.42 bits per heavy atom. The second kappa shape index (κ2) is 4.21. The van der Waals surface area contributed by atoms with Gasteiger partial charge in [0.15, 0.2) is 0 Å². The Balaban J connectivity index is 2.43. The molecule has 1 rings (SSSR count). The Morgan fingerprint density at radius 3 is 3.00 bits per heavy atom. The molecule has 0 amide bonds. The molecule has 0 spiro atoms. The number of hydrogen-bond donors (Lipinski definition) is 2. The fourth-order valence-corrected chi connectivity index (χ4v) is 1.99. The number of aliphatic hydroxyl groups excluding tert-OH is 1. The molecule has 1 saturated carbocycles. The van der Waals surface area contributed by atoms with Crippen LogP contribution in [0.15, 0.2) is 0 Å². The summed E-state index contributed by atoms with van der Waals surface area (Å²) in [4.78, 5) is 0. The van der Waals surface area contributed by atoms with Crippen LogP contribution in [0.4, 0.5) is 0 Å². The van der Waals surface area contributed by atoms with Gasteiger partial charge in [-0.25, -0.2) is 0 Å². The molecule has 0 saturated heterocycles. The van der Waals surface area contributed by atoms with Crippen LogP contribution in [-0.4, -0.2) is 30.5 Å². The molecule has 72 valence electrons. The van der Waals surface area contributed by atoms with Gasteiger partial charge in [0.2, 0.25) is 0 Å². The molecule has 0 aliphatic heterocycles. The van der Waals surface area contributed by atoms with E-state index in [1.807, 2.05) is 0 Å². The van der Waals surface area contributed by atoms with E-state index in [-0.39, 0.29) is 12.1 Å². The molecule has 3 heteroatoms. The molecule has 1 fully saturated rings. The van der Waals surface area contributed by atoms with Crippen LogP contribution in [0.1, 0.15) is 32.1 Å². The molecule has 0 bridgehead atoms. The summed E-state index contributed by atoms with van der Waals surface area (Å²) >= 11 is 0. The van der Waals surface area contributed by atoms with Crippen molar-refractivity contribution in [3.8, 4) is 0 Å². The first kappa shape index (κ1) is 9.96. The van der Waals surface area contributed by atoms with Crippen molar-refractivity contribution < 1.29 is 9.84 Å². The van der Waals surface area contributed by atoms with Gasteiger partial charge in [-0.05, 0) is 32.1 Å². The van der Waals surface area contributed by atoms with Crippen molar-refractivity contribution >= 4 is 0 Å². The fourth-order valence-electron chi connectivity index (χ4n) is 1.99. The predicted molar refractivity (Wildman–Crippen MR) is 47.9 cm³/mol. The molecule has 3 N–H and O–H groups in total. The first-order chi connectivity index (χ1) is 5.70. The van der Waals surface area contributed by atoms with E-state index in [0.717, 1.165) is 25.7 Å². The highest BCUT2D eigenvalue weighted by Gasteiger charge is 2.31. The Hall–Kier alpha value is -0.120. The summed E-state index contributed by atoms with van der Waals surface area (Å²) < 4.78 is 5.27. The van der Waals surface area contributed by atoms with Crippen LogP contribution in [-0.2, 0) is 4.74 Å². The van der Waals surface area contributed by atoms with Gasteiger partial charge in [-0.3, -0.25) is 0 Å². The van der Waals surface area contributed by atoms with E-state index in [2.05, 4.69) is 0 Å². The smallest absolute Gasteiger partial charge is 0.0588 e. The van der Waals surface area contributed by atoms with Crippen molar-refractivity contribution in [3.05, 3.63) is 0 Å². The largest absolute Gasteiger partial charge is 0.396 e. The predicted octanol–water partition coefficient (Wildman–Crippen LogP) is 0.655. The SMILES string of the molecule is COC1CCCC(N)(CCO)C1. The molecule has 0 heterocycles. The van der Waals surface area contributed by atoms with Crippen molar-refractivity contribution in [2.24, 2.45) is 5.73 Å². The van der Waals surface area contributed by atoms with E-state index >= 15 is 0 Å². The Bertz CT molecular complexity index is 136. The zero-order valence-corrected chi connectivity index (χ0v) is 7.75. The van der Waals surface area contributed by atoms with E-state index in [1.165, 1.54) is 0 Å².